The summed E-state index contributed by atoms with van der Waals surface area (Å²) < 4.78 is 5.45. The molecule has 4 aliphatic carbocycles. The van der Waals surface area contributed by atoms with Crippen LogP contribution >= 0.6 is 0 Å². The third-order valence-electron chi connectivity index (χ3n) is 6.88. The Bertz CT molecular complexity index is 841. The number of hydrogen-bond acceptors (Lipinski definition) is 4. The number of nitrogens with zero attached hydrogens (tertiary/aromatic N) is 2. The van der Waals surface area contributed by atoms with Crippen molar-refractivity contribution in [3.63, 3.8) is 0 Å². The molecule has 28 heavy (non-hydrogen) atoms. The predicted octanol–water partition coefficient (Wildman–Crippen LogP) is 2.45. The molecule has 1 aliphatic heterocycles. The van der Waals surface area contributed by atoms with Gasteiger partial charge >= 0.3 is 0 Å². The Morgan fingerprint density at radius 2 is 1.64 bits per heavy atom. The third-order valence-corrected chi connectivity index (χ3v) is 6.88. The molecule has 0 unspecified atom stereocenters. The van der Waals surface area contributed by atoms with Gasteiger partial charge in [0, 0.05) is 12.6 Å². The van der Waals surface area contributed by atoms with E-state index in [1.165, 1.54) is 16.7 Å². The van der Waals surface area contributed by atoms with Crippen LogP contribution in [0.1, 0.15) is 20.3 Å². The minimum Gasteiger partial charge on any atom is -0.494 e. The van der Waals surface area contributed by atoms with E-state index in [9.17, 15) is 14.4 Å². The highest BCUT2D eigenvalue weighted by atomic mass is 16.5. The highest BCUT2D eigenvalue weighted by Crippen LogP contribution is 2.65. The number of amides is 3. The van der Waals surface area contributed by atoms with Gasteiger partial charge in [-0.1, -0.05) is 12.2 Å². The minimum atomic E-state index is -0.236. The zero-order valence-electron chi connectivity index (χ0n) is 16.1. The fourth-order valence-corrected chi connectivity index (χ4v) is 5.55. The minimum absolute atomic E-state index is 0.0250. The van der Waals surface area contributed by atoms with Crippen LogP contribution in [0.4, 0.5) is 5.69 Å². The van der Waals surface area contributed by atoms with Gasteiger partial charge in [-0.3, -0.25) is 24.2 Å². The molecule has 3 amide bonds. The second-order valence-corrected chi connectivity index (χ2v) is 8.27. The third kappa shape index (κ3) is 2.43. The highest BCUT2D eigenvalue weighted by Gasteiger charge is 2.67. The maximum Gasteiger partial charge on any atom is 0.235 e. The number of carbonyl (C=O) groups excluding carboxylic acids is 3. The molecule has 1 saturated heterocycles. The average molecular weight is 380 g/mol. The second kappa shape index (κ2) is 6.19. The van der Waals surface area contributed by atoms with E-state index in [0.717, 1.165) is 12.2 Å². The summed E-state index contributed by atoms with van der Waals surface area (Å²) in [6, 6.07) is 7.15. The van der Waals surface area contributed by atoms with Crippen molar-refractivity contribution in [1.82, 2.24) is 4.90 Å². The number of anilines is 1. The van der Waals surface area contributed by atoms with E-state index in [1.807, 2.05) is 6.92 Å². The van der Waals surface area contributed by atoms with Crippen LogP contribution in [0.3, 0.4) is 0 Å². The van der Waals surface area contributed by atoms with E-state index >= 15 is 0 Å². The molecular weight excluding hydrogens is 356 g/mol. The van der Waals surface area contributed by atoms with Gasteiger partial charge in [0.1, 0.15) is 12.4 Å². The molecule has 3 fully saturated rings. The van der Waals surface area contributed by atoms with Crippen molar-refractivity contribution < 1.29 is 19.1 Å². The molecule has 1 heterocycles. The van der Waals surface area contributed by atoms with Gasteiger partial charge in [-0.05, 0) is 61.3 Å². The van der Waals surface area contributed by atoms with E-state index < -0.39 is 0 Å². The summed E-state index contributed by atoms with van der Waals surface area (Å²) in [7, 11) is 0. The van der Waals surface area contributed by atoms with E-state index in [4.69, 9.17) is 4.74 Å². The Morgan fingerprint density at radius 3 is 2.14 bits per heavy atom. The molecule has 5 aliphatic rings. The van der Waals surface area contributed by atoms with Crippen LogP contribution in [0.2, 0.25) is 0 Å². The topological polar surface area (TPSA) is 66.9 Å². The van der Waals surface area contributed by atoms with E-state index in [1.54, 1.807) is 24.3 Å². The van der Waals surface area contributed by atoms with Gasteiger partial charge in [0.05, 0.1) is 18.4 Å². The number of carbonyl (C=O) groups is 3. The molecule has 2 bridgehead atoms. The van der Waals surface area contributed by atoms with E-state index in [-0.39, 0.29) is 48.1 Å². The maximum absolute atomic E-state index is 13.1. The Balaban J connectivity index is 1.39. The summed E-state index contributed by atoms with van der Waals surface area (Å²) >= 11 is 0. The van der Waals surface area contributed by atoms with Crippen LogP contribution < -0.4 is 9.64 Å². The zero-order valence-corrected chi connectivity index (χ0v) is 16.1. The molecule has 0 aromatic heterocycles. The lowest BCUT2D eigenvalue weighted by Gasteiger charge is -2.37. The first kappa shape index (κ1) is 17.5. The molecule has 0 radical (unpaired) electrons. The number of hydrogen-bond donors (Lipinski definition) is 0. The summed E-state index contributed by atoms with van der Waals surface area (Å²) in [5.74, 6) is 1.34. The first-order valence-electron chi connectivity index (χ1n) is 10.1. The van der Waals surface area contributed by atoms with Gasteiger partial charge in [0.15, 0.2) is 0 Å². The van der Waals surface area contributed by atoms with E-state index in [2.05, 4.69) is 12.2 Å². The van der Waals surface area contributed by atoms with Gasteiger partial charge in [-0.25, -0.2) is 0 Å². The molecule has 2 saturated carbocycles. The number of ether oxygens (including phenoxy) is 1. The summed E-state index contributed by atoms with van der Waals surface area (Å²) in [6.45, 7) is 3.90. The van der Waals surface area contributed by atoms with Crippen molar-refractivity contribution >= 4 is 23.4 Å². The largest absolute Gasteiger partial charge is 0.494 e. The smallest absolute Gasteiger partial charge is 0.235 e. The van der Waals surface area contributed by atoms with Crippen LogP contribution in [-0.4, -0.2) is 35.9 Å². The molecule has 146 valence electrons. The summed E-state index contributed by atoms with van der Waals surface area (Å²) in [6.07, 6.45) is 5.45. The van der Waals surface area contributed by atoms with Crippen LogP contribution in [-0.2, 0) is 14.4 Å². The first-order chi connectivity index (χ1) is 13.5. The van der Waals surface area contributed by atoms with Crippen LogP contribution in [0, 0.1) is 35.5 Å². The van der Waals surface area contributed by atoms with Crippen molar-refractivity contribution in [2.45, 2.75) is 20.3 Å². The Kier molecular flexibility index (Phi) is 3.86. The predicted molar refractivity (Wildman–Crippen MR) is 102 cm³/mol. The van der Waals surface area contributed by atoms with Gasteiger partial charge in [-0.15, -0.1) is 0 Å². The van der Waals surface area contributed by atoms with Crippen molar-refractivity contribution in [2.75, 3.05) is 18.2 Å². The van der Waals surface area contributed by atoms with Gasteiger partial charge in [0.25, 0.3) is 0 Å². The molecule has 6 atom stereocenters. The van der Waals surface area contributed by atoms with Gasteiger partial charge in [0.2, 0.25) is 17.7 Å². The lowest BCUT2D eigenvalue weighted by Crippen LogP contribution is -2.44. The van der Waals surface area contributed by atoms with Gasteiger partial charge < -0.3 is 4.74 Å². The average Bonchev–Trinajstić information content (AvgIpc) is 3.47. The van der Waals surface area contributed by atoms with Crippen molar-refractivity contribution in [3.8, 4) is 5.75 Å². The Labute approximate surface area is 164 Å². The number of rotatable bonds is 5. The van der Waals surface area contributed by atoms with Gasteiger partial charge in [-0.2, -0.15) is 0 Å². The van der Waals surface area contributed by atoms with Crippen LogP contribution in [0.5, 0.6) is 5.75 Å². The lowest BCUT2D eigenvalue weighted by atomic mass is 9.63. The summed E-state index contributed by atoms with van der Waals surface area (Å²) in [5.41, 5.74) is 0.648. The Morgan fingerprint density at radius 1 is 1.07 bits per heavy atom. The number of imide groups is 1. The first-order valence-corrected chi connectivity index (χ1v) is 10.1. The van der Waals surface area contributed by atoms with E-state index in [0.29, 0.717) is 24.1 Å². The quantitative estimate of drug-likeness (QED) is 0.581. The molecule has 0 N–H and O–H groups in total. The molecular formula is C22H24N2O4. The maximum atomic E-state index is 13.1. The zero-order chi connectivity index (χ0) is 19.6. The highest BCUT2D eigenvalue weighted by molar-refractivity contribution is 6.07. The van der Waals surface area contributed by atoms with Crippen molar-refractivity contribution in [1.29, 1.82) is 0 Å². The monoisotopic (exact) mass is 380 g/mol. The van der Waals surface area contributed by atoms with Crippen molar-refractivity contribution in [2.24, 2.45) is 35.5 Å². The normalized spacial score (nSPS) is 34.3. The fourth-order valence-electron chi connectivity index (χ4n) is 5.55. The number of likely N-dealkylation sites (tertiary alicyclic amines) is 1. The summed E-state index contributed by atoms with van der Waals surface area (Å²) in [4.78, 5) is 41.4. The second-order valence-electron chi connectivity index (χ2n) is 8.27. The lowest BCUT2D eigenvalue weighted by molar-refractivity contribution is -0.140. The molecule has 6 heteroatoms. The van der Waals surface area contributed by atoms with Crippen LogP contribution in [0.25, 0.3) is 0 Å². The summed E-state index contributed by atoms with van der Waals surface area (Å²) in [5, 5.41) is 0. The molecule has 6 rings (SSSR count). The van der Waals surface area contributed by atoms with Crippen molar-refractivity contribution in [3.05, 3.63) is 36.4 Å². The number of allylic oxidation sites excluding steroid dienone is 2. The fraction of sp³-hybridized carbons (Fsp3) is 0.500. The molecule has 1 aromatic carbocycles. The molecule has 0 spiro atoms. The molecule has 6 nitrogen and oxygen atoms in total. The Hall–Kier alpha value is -2.63. The molecule has 1 aromatic rings. The van der Waals surface area contributed by atoms with Crippen LogP contribution in [0.15, 0.2) is 36.4 Å². The standard InChI is InChI=1S/C22H24N2O4/c1-3-28-14-6-4-13(5-7-14)23(12(2)25)11-24-21(26)19-15-8-9-16(18-10-17(15)18)20(19)22(24)27/h4-9,15-20H,3,10-11H2,1-2H3/t15-,16-,17-,18+,19+,20+/m0/s1. The SMILES string of the molecule is CCOc1ccc(N(CN2C(=O)[C@@H]3[C@H]4C=C[C@@H]([C@@H]5C[C@H]45)[C@H]3C2=O)C(C)=O)cc1. The number of benzene rings is 1.